The summed E-state index contributed by atoms with van der Waals surface area (Å²) >= 11 is 5.85. The number of nitrogens with zero attached hydrogens (tertiary/aromatic N) is 2. The number of morpholine rings is 1. The third-order valence-corrected chi connectivity index (χ3v) is 4.14. The normalized spacial score (nSPS) is 14.8. The Morgan fingerprint density at radius 3 is 2.39 bits per heavy atom. The van der Waals surface area contributed by atoms with E-state index in [1.54, 1.807) is 53.0 Å². The van der Waals surface area contributed by atoms with Crippen molar-refractivity contribution in [3.8, 4) is 0 Å². The molecule has 2 aromatic rings. The molecule has 0 bridgehead atoms. The van der Waals surface area contributed by atoms with Gasteiger partial charge in [0.25, 0.3) is 5.91 Å². The van der Waals surface area contributed by atoms with E-state index in [2.05, 4.69) is 0 Å². The monoisotopic (exact) mass is 332 g/mol. The Morgan fingerprint density at radius 2 is 1.74 bits per heavy atom. The number of carbonyl (C=O) groups excluding carboxylic acids is 2. The molecule has 1 aliphatic heterocycles. The molecule has 1 aromatic carbocycles. The Bertz CT molecular complexity index is 731. The number of ether oxygens (including phenoxy) is 1. The number of amides is 1. The van der Waals surface area contributed by atoms with Crippen molar-refractivity contribution >= 4 is 23.3 Å². The van der Waals surface area contributed by atoms with Crippen LogP contribution in [-0.2, 0) is 11.8 Å². The first-order chi connectivity index (χ1) is 11.1. The lowest BCUT2D eigenvalue weighted by molar-refractivity contribution is 0.0303. The predicted molar refractivity (Wildman–Crippen MR) is 87.0 cm³/mol. The van der Waals surface area contributed by atoms with E-state index in [1.165, 1.54) is 0 Å². The minimum atomic E-state index is -0.134. The van der Waals surface area contributed by atoms with Gasteiger partial charge in [0, 0.05) is 36.9 Å². The van der Waals surface area contributed by atoms with Gasteiger partial charge in [0.2, 0.25) is 5.78 Å². The highest BCUT2D eigenvalue weighted by molar-refractivity contribution is 6.30. The van der Waals surface area contributed by atoms with Crippen LogP contribution >= 0.6 is 11.6 Å². The van der Waals surface area contributed by atoms with Gasteiger partial charge in [-0.3, -0.25) is 9.59 Å². The molecule has 3 rings (SSSR count). The van der Waals surface area contributed by atoms with Crippen LogP contribution in [0.5, 0.6) is 0 Å². The maximum Gasteiger partial charge on any atom is 0.255 e. The van der Waals surface area contributed by atoms with Crippen molar-refractivity contribution < 1.29 is 14.3 Å². The number of carbonyl (C=O) groups is 2. The SMILES string of the molecule is Cn1cc(C(=O)N2CCOCC2)cc1C(=O)c1ccc(Cl)cc1. The molecule has 1 fully saturated rings. The molecule has 0 radical (unpaired) electrons. The number of aryl methyl sites for hydroxylation is 1. The lowest BCUT2D eigenvalue weighted by Gasteiger charge is -2.26. The maximum atomic E-state index is 12.6. The van der Waals surface area contributed by atoms with Gasteiger partial charge >= 0.3 is 0 Å². The smallest absolute Gasteiger partial charge is 0.255 e. The van der Waals surface area contributed by atoms with Crippen molar-refractivity contribution in [2.24, 2.45) is 7.05 Å². The van der Waals surface area contributed by atoms with Gasteiger partial charge in [-0.15, -0.1) is 0 Å². The molecule has 2 heterocycles. The zero-order chi connectivity index (χ0) is 16.4. The number of hydrogen-bond donors (Lipinski definition) is 0. The van der Waals surface area contributed by atoms with Gasteiger partial charge in [-0.1, -0.05) is 11.6 Å². The Hall–Kier alpha value is -2.11. The Balaban J connectivity index is 1.84. The Labute approximate surface area is 139 Å². The van der Waals surface area contributed by atoms with Crippen molar-refractivity contribution in [1.29, 1.82) is 0 Å². The summed E-state index contributed by atoms with van der Waals surface area (Å²) in [6.07, 6.45) is 1.70. The third-order valence-electron chi connectivity index (χ3n) is 3.89. The second-order valence-electron chi connectivity index (χ2n) is 5.47. The van der Waals surface area contributed by atoms with Crippen LogP contribution in [0.3, 0.4) is 0 Å². The molecule has 0 saturated carbocycles. The van der Waals surface area contributed by atoms with Gasteiger partial charge in [0.15, 0.2) is 0 Å². The van der Waals surface area contributed by atoms with Gasteiger partial charge in [-0.2, -0.15) is 0 Å². The van der Waals surface area contributed by atoms with Gasteiger partial charge in [0.05, 0.1) is 24.5 Å². The summed E-state index contributed by atoms with van der Waals surface area (Å²) in [7, 11) is 1.76. The van der Waals surface area contributed by atoms with E-state index in [-0.39, 0.29) is 11.7 Å². The van der Waals surface area contributed by atoms with Crippen molar-refractivity contribution in [1.82, 2.24) is 9.47 Å². The molecule has 5 nitrogen and oxygen atoms in total. The van der Waals surface area contributed by atoms with E-state index in [4.69, 9.17) is 16.3 Å². The summed E-state index contributed by atoms with van der Waals surface area (Å²) in [6, 6.07) is 8.37. The molecule has 1 amide bonds. The zero-order valence-electron chi connectivity index (χ0n) is 12.8. The number of rotatable bonds is 3. The zero-order valence-corrected chi connectivity index (χ0v) is 13.5. The molecule has 0 aliphatic carbocycles. The van der Waals surface area contributed by atoms with Crippen LogP contribution in [0.4, 0.5) is 0 Å². The molecule has 0 atom stereocenters. The van der Waals surface area contributed by atoms with Gasteiger partial charge in [0.1, 0.15) is 0 Å². The lowest BCUT2D eigenvalue weighted by Crippen LogP contribution is -2.40. The molecule has 23 heavy (non-hydrogen) atoms. The Morgan fingerprint density at radius 1 is 1.09 bits per heavy atom. The molecular weight excluding hydrogens is 316 g/mol. The maximum absolute atomic E-state index is 12.6. The topological polar surface area (TPSA) is 51.5 Å². The Kier molecular flexibility index (Phi) is 4.50. The quantitative estimate of drug-likeness (QED) is 0.811. The van der Waals surface area contributed by atoms with Crippen LogP contribution in [0.25, 0.3) is 0 Å². The summed E-state index contributed by atoms with van der Waals surface area (Å²) in [5.41, 5.74) is 1.54. The average Bonchev–Trinajstić information content (AvgIpc) is 2.97. The molecule has 1 aliphatic rings. The number of benzene rings is 1. The van der Waals surface area contributed by atoms with Crippen LogP contribution in [0, 0.1) is 0 Å². The van der Waals surface area contributed by atoms with E-state index in [0.29, 0.717) is 48.1 Å². The summed E-state index contributed by atoms with van der Waals surface area (Å²) in [5.74, 6) is -0.204. The van der Waals surface area contributed by atoms with Crippen LogP contribution in [0.15, 0.2) is 36.5 Å². The molecule has 6 heteroatoms. The average molecular weight is 333 g/mol. The van der Waals surface area contributed by atoms with Gasteiger partial charge < -0.3 is 14.2 Å². The fraction of sp³-hybridized carbons (Fsp3) is 0.294. The van der Waals surface area contributed by atoms with E-state index < -0.39 is 0 Å². The second-order valence-corrected chi connectivity index (χ2v) is 5.90. The molecule has 0 N–H and O–H groups in total. The first kappa shape index (κ1) is 15.8. The predicted octanol–water partition coefficient (Wildman–Crippen LogP) is 2.38. The van der Waals surface area contributed by atoms with Crippen LogP contribution < -0.4 is 0 Å². The standard InChI is InChI=1S/C17H17ClN2O3/c1-19-11-13(17(22)20-6-8-23-9-7-20)10-15(19)16(21)12-2-4-14(18)5-3-12/h2-5,10-11H,6-9H2,1H3. The van der Waals surface area contributed by atoms with Gasteiger partial charge in [-0.25, -0.2) is 0 Å². The van der Waals surface area contributed by atoms with E-state index in [0.717, 1.165) is 0 Å². The minimum absolute atomic E-state index is 0.0703. The lowest BCUT2D eigenvalue weighted by atomic mass is 10.1. The first-order valence-corrected chi connectivity index (χ1v) is 7.78. The molecule has 1 aromatic heterocycles. The largest absolute Gasteiger partial charge is 0.378 e. The van der Waals surface area contributed by atoms with Crippen molar-refractivity contribution in [3.63, 3.8) is 0 Å². The fourth-order valence-electron chi connectivity index (χ4n) is 2.61. The molecular formula is C17H17ClN2O3. The molecule has 0 spiro atoms. The molecule has 0 unspecified atom stereocenters. The highest BCUT2D eigenvalue weighted by atomic mass is 35.5. The summed E-state index contributed by atoms with van der Waals surface area (Å²) in [4.78, 5) is 26.8. The second kappa shape index (κ2) is 6.56. The van der Waals surface area contributed by atoms with Crippen molar-refractivity contribution in [2.75, 3.05) is 26.3 Å². The fourth-order valence-corrected chi connectivity index (χ4v) is 2.73. The molecule has 120 valence electrons. The summed E-state index contributed by atoms with van der Waals surface area (Å²) in [6.45, 7) is 2.26. The number of ketones is 1. The van der Waals surface area contributed by atoms with E-state index in [1.807, 2.05) is 0 Å². The highest BCUT2D eigenvalue weighted by Gasteiger charge is 2.22. The van der Waals surface area contributed by atoms with Crippen LogP contribution in [0.1, 0.15) is 26.4 Å². The number of halogens is 1. The van der Waals surface area contributed by atoms with E-state index >= 15 is 0 Å². The van der Waals surface area contributed by atoms with Gasteiger partial charge in [-0.05, 0) is 30.3 Å². The van der Waals surface area contributed by atoms with Crippen molar-refractivity contribution in [2.45, 2.75) is 0 Å². The number of hydrogen-bond acceptors (Lipinski definition) is 3. The molecule has 1 saturated heterocycles. The number of aromatic nitrogens is 1. The first-order valence-electron chi connectivity index (χ1n) is 7.40. The minimum Gasteiger partial charge on any atom is -0.378 e. The third kappa shape index (κ3) is 3.30. The van der Waals surface area contributed by atoms with E-state index in [9.17, 15) is 9.59 Å². The van der Waals surface area contributed by atoms with Crippen LogP contribution in [-0.4, -0.2) is 47.5 Å². The summed E-state index contributed by atoms with van der Waals surface area (Å²) in [5, 5.41) is 0.580. The van der Waals surface area contributed by atoms with Crippen LogP contribution in [0.2, 0.25) is 5.02 Å². The highest BCUT2D eigenvalue weighted by Crippen LogP contribution is 2.17. The summed E-state index contributed by atoms with van der Waals surface area (Å²) < 4.78 is 6.94. The van der Waals surface area contributed by atoms with Crippen molar-refractivity contribution in [3.05, 3.63) is 58.4 Å².